The number of allylic oxidation sites excluding steroid dienone is 1. The highest BCUT2D eigenvalue weighted by Crippen LogP contribution is 2.15. The molecule has 1 rings (SSSR count). The van der Waals surface area contributed by atoms with Crippen molar-refractivity contribution < 1.29 is 0 Å². The summed E-state index contributed by atoms with van der Waals surface area (Å²) in [5, 5.41) is 0. The van der Waals surface area contributed by atoms with Gasteiger partial charge in [0, 0.05) is 0 Å². The molecule has 0 spiro atoms. The SMILES string of the molecule is CCCCCCCCCCCC/C=C/[Si](C)(C)Cc1ccccc1. The number of benzene rings is 1. The van der Waals surface area contributed by atoms with Crippen LogP contribution in [0.25, 0.3) is 0 Å². The van der Waals surface area contributed by atoms with Crippen molar-refractivity contribution in [3.05, 3.63) is 47.7 Å². The number of hydrogen-bond acceptors (Lipinski definition) is 0. The fourth-order valence-electron chi connectivity index (χ4n) is 3.33. The molecule has 0 aliphatic rings. The maximum absolute atomic E-state index is 2.56. The second-order valence-electron chi connectivity index (χ2n) is 8.02. The summed E-state index contributed by atoms with van der Waals surface area (Å²) in [4.78, 5) is 0. The molecule has 0 heterocycles. The first kappa shape index (κ1) is 21.2. The van der Waals surface area contributed by atoms with Crippen molar-refractivity contribution in [2.24, 2.45) is 0 Å². The molecule has 0 nitrogen and oxygen atoms in total. The highest BCUT2D eigenvalue weighted by Gasteiger charge is 2.16. The Hall–Kier alpha value is -0.823. The first-order valence-corrected chi connectivity index (χ1v) is 13.6. The second-order valence-corrected chi connectivity index (χ2v) is 12.7. The fourth-order valence-corrected chi connectivity index (χ4v) is 5.54. The van der Waals surface area contributed by atoms with Crippen LogP contribution >= 0.6 is 0 Å². The van der Waals surface area contributed by atoms with Crippen LogP contribution in [0.5, 0.6) is 0 Å². The summed E-state index contributed by atoms with van der Waals surface area (Å²) in [7, 11) is -1.22. The van der Waals surface area contributed by atoms with E-state index in [1.807, 2.05) is 0 Å². The van der Waals surface area contributed by atoms with E-state index >= 15 is 0 Å². The second kappa shape index (κ2) is 13.5. The summed E-state index contributed by atoms with van der Waals surface area (Å²) in [5.74, 6) is 0. The molecule has 136 valence electrons. The lowest BCUT2D eigenvalue weighted by Crippen LogP contribution is -2.26. The van der Waals surface area contributed by atoms with Gasteiger partial charge in [-0.05, 0) is 18.9 Å². The van der Waals surface area contributed by atoms with Gasteiger partial charge in [-0.25, -0.2) is 0 Å². The Balaban J connectivity index is 2.00. The molecule has 1 aromatic rings. The Morgan fingerprint density at radius 3 is 1.88 bits per heavy atom. The number of unbranched alkanes of at least 4 members (excludes halogenated alkanes) is 10. The zero-order valence-corrected chi connectivity index (χ0v) is 17.5. The van der Waals surface area contributed by atoms with Crippen LogP contribution in [0.4, 0.5) is 0 Å². The minimum Gasteiger partial charge on any atom is -0.0983 e. The van der Waals surface area contributed by atoms with Crippen molar-refractivity contribution >= 4 is 8.07 Å². The van der Waals surface area contributed by atoms with Gasteiger partial charge in [-0.1, -0.05) is 125 Å². The fraction of sp³-hybridized carbons (Fsp3) is 0.652. The van der Waals surface area contributed by atoms with Crippen LogP contribution in [0.15, 0.2) is 42.1 Å². The Bertz CT molecular complexity index is 419. The van der Waals surface area contributed by atoms with E-state index in [-0.39, 0.29) is 0 Å². The zero-order chi connectivity index (χ0) is 17.5. The molecule has 0 fully saturated rings. The van der Waals surface area contributed by atoms with E-state index in [1.54, 1.807) is 0 Å². The predicted octanol–water partition coefficient (Wildman–Crippen LogP) is 7.88. The van der Waals surface area contributed by atoms with E-state index in [1.165, 1.54) is 82.2 Å². The third-order valence-electron chi connectivity index (χ3n) is 4.80. The molecule has 0 radical (unpaired) electrons. The molecular formula is C23H40Si. The average molecular weight is 345 g/mol. The molecule has 0 saturated heterocycles. The van der Waals surface area contributed by atoms with Crippen molar-refractivity contribution in [3.8, 4) is 0 Å². The highest BCUT2D eigenvalue weighted by molar-refractivity contribution is 6.81. The lowest BCUT2D eigenvalue weighted by molar-refractivity contribution is 0.557. The zero-order valence-electron chi connectivity index (χ0n) is 16.5. The van der Waals surface area contributed by atoms with E-state index in [2.05, 4.69) is 62.1 Å². The van der Waals surface area contributed by atoms with Gasteiger partial charge >= 0.3 is 0 Å². The Labute approximate surface area is 152 Å². The van der Waals surface area contributed by atoms with Gasteiger partial charge < -0.3 is 0 Å². The summed E-state index contributed by atoms with van der Waals surface area (Å²) >= 11 is 0. The molecule has 24 heavy (non-hydrogen) atoms. The molecule has 0 aliphatic heterocycles. The van der Waals surface area contributed by atoms with Gasteiger partial charge in [0.2, 0.25) is 0 Å². The summed E-state index contributed by atoms with van der Waals surface area (Å²) in [6.07, 6.45) is 18.0. The normalized spacial score (nSPS) is 12.1. The van der Waals surface area contributed by atoms with E-state index in [0.717, 1.165) is 0 Å². The quantitative estimate of drug-likeness (QED) is 0.238. The third-order valence-corrected chi connectivity index (χ3v) is 7.25. The van der Waals surface area contributed by atoms with Crippen LogP contribution in [0, 0.1) is 0 Å². The lowest BCUT2D eigenvalue weighted by atomic mass is 10.1. The molecular weight excluding hydrogens is 304 g/mol. The summed E-state index contributed by atoms with van der Waals surface area (Å²) in [5.41, 5.74) is 4.06. The molecule has 0 aromatic heterocycles. The van der Waals surface area contributed by atoms with Crippen LogP contribution in [0.2, 0.25) is 13.1 Å². The van der Waals surface area contributed by atoms with Gasteiger partial charge in [-0.3, -0.25) is 0 Å². The molecule has 0 amide bonds. The van der Waals surface area contributed by atoms with E-state index in [4.69, 9.17) is 0 Å². The minimum atomic E-state index is -1.22. The molecule has 0 aliphatic carbocycles. The van der Waals surface area contributed by atoms with Gasteiger partial charge in [0.05, 0.1) is 8.07 Å². The summed E-state index contributed by atoms with van der Waals surface area (Å²) in [6.45, 7) is 7.25. The van der Waals surface area contributed by atoms with Crippen molar-refractivity contribution in [3.63, 3.8) is 0 Å². The summed E-state index contributed by atoms with van der Waals surface area (Å²) < 4.78 is 0. The van der Waals surface area contributed by atoms with Gasteiger partial charge in [0.15, 0.2) is 0 Å². The van der Waals surface area contributed by atoms with Crippen LogP contribution in [-0.4, -0.2) is 8.07 Å². The van der Waals surface area contributed by atoms with Gasteiger partial charge in [-0.2, -0.15) is 0 Å². The molecule has 0 N–H and O–H groups in total. The maximum Gasteiger partial charge on any atom is 0.0756 e. The molecule has 0 saturated carbocycles. The van der Waals surface area contributed by atoms with Crippen molar-refractivity contribution in [2.45, 2.75) is 96.7 Å². The van der Waals surface area contributed by atoms with E-state index in [9.17, 15) is 0 Å². The monoisotopic (exact) mass is 344 g/mol. The first-order valence-electron chi connectivity index (χ1n) is 10.4. The molecule has 1 heteroatoms. The van der Waals surface area contributed by atoms with Crippen LogP contribution < -0.4 is 0 Å². The van der Waals surface area contributed by atoms with Gasteiger partial charge in [0.25, 0.3) is 0 Å². The Kier molecular flexibility index (Phi) is 11.9. The van der Waals surface area contributed by atoms with Gasteiger partial charge in [0.1, 0.15) is 0 Å². The number of hydrogen-bond donors (Lipinski definition) is 0. The van der Waals surface area contributed by atoms with Crippen LogP contribution in [-0.2, 0) is 6.04 Å². The smallest absolute Gasteiger partial charge is 0.0756 e. The highest BCUT2D eigenvalue weighted by atomic mass is 28.3. The van der Waals surface area contributed by atoms with Crippen molar-refractivity contribution in [2.75, 3.05) is 0 Å². The van der Waals surface area contributed by atoms with Crippen molar-refractivity contribution in [1.82, 2.24) is 0 Å². The van der Waals surface area contributed by atoms with E-state index in [0.29, 0.717) is 0 Å². The van der Waals surface area contributed by atoms with Gasteiger partial charge in [-0.15, -0.1) is 0 Å². The Morgan fingerprint density at radius 1 is 0.750 bits per heavy atom. The maximum atomic E-state index is 2.56. The topological polar surface area (TPSA) is 0 Å². The molecule has 0 bridgehead atoms. The lowest BCUT2D eigenvalue weighted by Gasteiger charge is -2.17. The third kappa shape index (κ3) is 11.7. The minimum absolute atomic E-state index is 1.22. The van der Waals surface area contributed by atoms with Crippen LogP contribution in [0.3, 0.4) is 0 Å². The largest absolute Gasteiger partial charge is 0.0983 e. The number of rotatable bonds is 14. The molecule has 0 atom stereocenters. The Morgan fingerprint density at radius 2 is 1.29 bits per heavy atom. The average Bonchev–Trinajstić information content (AvgIpc) is 2.56. The molecule has 0 unspecified atom stereocenters. The first-order chi connectivity index (χ1) is 11.6. The standard InChI is InChI=1S/C23H40Si/c1-4-5-6-7-8-9-10-11-12-13-14-18-21-24(2,3)22-23-19-16-15-17-20-23/h15-21H,4-14,22H2,1-3H3/b21-18+. The predicted molar refractivity (Wildman–Crippen MR) is 113 cm³/mol. The van der Waals surface area contributed by atoms with E-state index < -0.39 is 8.07 Å². The van der Waals surface area contributed by atoms with Crippen LogP contribution in [0.1, 0.15) is 83.1 Å². The van der Waals surface area contributed by atoms with Crippen molar-refractivity contribution in [1.29, 1.82) is 0 Å². The summed E-state index contributed by atoms with van der Waals surface area (Å²) in [6, 6.07) is 12.2. The molecule has 1 aromatic carbocycles.